The number of benzene rings is 1. The lowest BCUT2D eigenvalue weighted by molar-refractivity contribution is -0.143. The van der Waals surface area contributed by atoms with Gasteiger partial charge in [0.1, 0.15) is 17.5 Å². The lowest BCUT2D eigenvalue weighted by atomic mass is 10.1. The number of hydrogen-bond acceptors (Lipinski definition) is 2. The van der Waals surface area contributed by atoms with Gasteiger partial charge in [0.15, 0.2) is 0 Å². The molecule has 1 aromatic heterocycles. The summed E-state index contributed by atoms with van der Waals surface area (Å²) < 4.78 is 44.9. The second-order valence-corrected chi connectivity index (χ2v) is 3.75. The molecule has 0 fully saturated rings. The molecule has 2 rings (SSSR count). The van der Waals surface area contributed by atoms with E-state index in [-0.39, 0.29) is 16.5 Å². The van der Waals surface area contributed by atoms with Crippen molar-refractivity contribution in [3.63, 3.8) is 0 Å². The third kappa shape index (κ3) is 1.59. The van der Waals surface area contributed by atoms with Gasteiger partial charge in [-0.1, -0.05) is 12.1 Å². The van der Waals surface area contributed by atoms with Gasteiger partial charge in [-0.25, -0.2) is 0 Å². The molecule has 2 aromatic rings. The van der Waals surface area contributed by atoms with Crippen LogP contribution in [-0.2, 0) is 13.2 Å². The average Bonchev–Trinajstić information content (AvgIpc) is 2.61. The third-order valence-corrected chi connectivity index (χ3v) is 2.78. The van der Waals surface area contributed by atoms with Gasteiger partial charge in [0.2, 0.25) is 0 Å². The lowest BCUT2D eigenvalue weighted by Gasteiger charge is -2.09. The first-order valence-electron chi connectivity index (χ1n) is 5.04. The van der Waals surface area contributed by atoms with E-state index in [0.29, 0.717) is 5.75 Å². The highest BCUT2D eigenvalue weighted by Gasteiger charge is 2.39. The van der Waals surface area contributed by atoms with E-state index >= 15 is 0 Å². The SMILES string of the molecule is COc1cccc2c(C#N)c(C(F)(F)F)n(C)c12. The number of aromatic nitrogens is 1. The fraction of sp³-hybridized carbons (Fsp3) is 0.250. The molecule has 1 aromatic carbocycles. The molecule has 1 heterocycles. The van der Waals surface area contributed by atoms with Crippen molar-refractivity contribution in [1.82, 2.24) is 4.57 Å². The lowest BCUT2D eigenvalue weighted by Crippen LogP contribution is -2.12. The first-order chi connectivity index (χ1) is 8.41. The van der Waals surface area contributed by atoms with Crippen molar-refractivity contribution in [2.24, 2.45) is 7.05 Å². The van der Waals surface area contributed by atoms with E-state index in [0.717, 1.165) is 4.57 Å². The Morgan fingerprint density at radius 3 is 2.50 bits per heavy atom. The van der Waals surface area contributed by atoms with Crippen molar-refractivity contribution < 1.29 is 17.9 Å². The molecule has 0 aliphatic heterocycles. The van der Waals surface area contributed by atoms with E-state index in [1.165, 1.54) is 20.2 Å². The van der Waals surface area contributed by atoms with Gasteiger partial charge < -0.3 is 9.30 Å². The number of para-hydroxylation sites is 1. The van der Waals surface area contributed by atoms with Crippen LogP contribution in [-0.4, -0.2) is 11.7 Å². The molecule has 6 heteroatoms. The van der Waals surface area contributed by atoms with Crippen LogP contribution < -0.4 is 4.74 Å². The molecular weight excluding hydrogens is 245 g/mol. The number of nitriles is 1. The van der Waals surface area contributed by atoms with Crippen LogP contribution >= 0.6 is 0 Å². The Morgan fingerprint density at radius 2 is 2.00 bits per heavy atom. The Morgan fingerprint density at radius 1 is 1.33 bits per heavy atom. The Hall–Kier alpha value is -2.16. The van der Waals surface area contributed by atoms with Crippen LogP contribution in [0.15, 0.2) is 18.2 Å². The highest BCUT2D eigenvalue weighted by atomic mass is 19.4. The molecule has 0 atom stereocenters. The highest BCUT2D eigenvalue weighted by molar-refractivity contribution is 5.92. The fourth-order valence-corrected chi connectivity index (χ4v) is 2.09. The van der Waals surface area contributed by atoms with E-state index in [2.05, 4.69) is 0 Å². The summed E-state index contributed by atoms with van der Waals surface area (Å²) in [6.45, 7) is 0. The largest absolute Gasteiger partial charge is 0.495 e. The monoisotopic (exact) mass is 254 g/mol. The van der Waals surface area contributed by atoms with Crippen molar-refractivity contribution in [2.75, 3.05) is 7.11 Å². The third-order valence-electron chi connectivity index (χ3n) is 2.78. The molecule has 18 heavy (non-hydrogen) atoms. The van der Waals surface area contributed by atoms with Gasteiger partial charge in [-0.3, -0.25) is 0 Å². The van der Waals surface area contributed by atoms with Crippen LogP contribution in [0.1, 0.15) is 11.3 Å². The Bertz CT molecular complexity index is 650. The number of halogens is 3. The molecule has 0 aliphatic carbocycles. The van der Waals surface area contributed by atoms with Gasteiger partial charge in [-0.2, -0.15) is 18.4 Å². The molecule has 94 valence electrons. The summed E-state index contributed by atoms with van der Waals surface area (Å²) in [5, 5.41) is 9.19. The van der Waals surface area contributed by atoms with Gasteiger partial charge in [0, 0.05) is 12.4 Å². The van der Waals surface area contributed by atoms with Gasteiger partial charge >= 0.3 is 6.18 Å². The van der Waals surface area contributed by atoms with Gasteiger partial charge in [-0.15, -0.1) is 0 Å². The van der Waals surface area contributed by atoms with E-state index in [4.69, 9.17) is 10.00 Å². The fourth-order valence-electron chi connectivity index (χ4n) is 2.09. The number of ether oxygens (including phenoxy) is 1. The summed E-state index contributed by atoms with van der Waals surface area (Å²) >= 11 is 0. The van der Waals surface area contributed by atoms with Crippen LogP contribution in [0, 0.1) is 11.3 Å². The minimum absolute atomic E-state index is 0.242. The summed E-state index contributed by atoms with van der Waals surface area (Å²) in [7, 11) is 2.65. The second-order valence-electron chi connectivity index (χ2n) is 3.75. The number of fused-ring (bicyclic) bond motifs is 1. The second kappa shape index (κ2) is 3.95. The van der Waals surface area contributed by atoms with Crippen molar-refractivity contribution >= 4 is 10.9 Å². The zero-order valence-electron chi connectivity index (χ0n) is 9.67. The maximum Gasteiger partial charge on any atom is 0.432 e. The van der Waals surface area contributed by atoms with Crippen LogP contribution in [0.5, 0.6) is 5.75 Å². The molecule has 3 nitrogen and oxygen atoms in total. The minimum atomic E-state index is -4.58. The van der Waals surface area contributed by atoms with Crippen LogP contribution in [0.2, 0.25) is 0 Å². The number of alkyl halides is 3. The summed E-state index contributed by atoms with van der Waals surface area (Å²) in [5.41, 5.74) is -1.06. The summed E-state index contributed by atoms with van der Waals surface area (Å²) in [5.74, 6) is 0.307. The number of aryl methyl sites for hydroxylation is 1. The normalized spacial score (nSPS) is 11.6. The predicted molar refractivity (Wildman–Crippen MR) is 59.2 cm³/mol. The summed E-state index contributed by atoms with van der Waals surface area (Å²) in [6.07, 6.45) is -4.58. The summed E-state index contributed by atoms with van der Waals surface area (Å²) in [6, 6.07) is 6.22. The number of methoxy groups -OCH3 is 1. The number of hydrogen-bond donors (Lipinski definition) is 0. The maximum absolute atomic E-state index is 13.0. The first-order valence-corrected chi connectivity index (χ1v) is 5.04. The Labute approximate surface area is 101 Å². The minimum Gasteiger partial charge on any atom is -0.495 e. The molecule has 0 amide bonds. The highest BCUT2D eigenvalue weighted by Crippen LogP contribution is 2.39. The van der Waals surface area contributed by atoms with Crippen LogP contribution in [0.3, 0.4) is 0 Å². The van der Waals surface area contributed by atoms with Crippen molar-refractivity contribution in [3.8, 4) is 11.8 Å². The molecule has 0 unspecified atom stereocenters. The standard InChI is InChI=1S/C12H9F3N2O/c1-17-10-7(4-3-5-9(10)18-2)8(6-16)11(17)12(13,14)15/h3-5H,1-2H3. The van der Waals surface area contributed by atoms with Crippen molar-refractivity contribution in [2.45, 2.75) is 6.18 Å². The van der Waals surface area contributed by atoms with Crippen molar-refractivity contribution in [3.05, 3.63) is 29.5 Å². The predicted octanol–water partition coefficient (Wildman–Crippen LogP) is 3.08. The molecule has 0 N–H and O–H groups in total. The molecule has 0 saturated heterocycles. The zero-order valence-corrected chi connectivity index (χ0v) is 9.67. The topological polar surface area (TPSA) is 37.9 Å². The zero-order chi connectivity index (χ0) is 13.5. The van der Waals surface area contributed by atoms with E-state index in [1.54, 1.807) is 18.2 Å². The molecule has 0 radical (unpaired) electrons. The average molecular weight is 254 g/mol. The number of rotatable bonds is 1. The van der Waals surface area contributed by atoms with Gasteiger partial charge in [-0.05, 0) is 6.07 Å². The Balaban J connectivity index is 2.98. The molecule has 0 spiro atoms. The quantitative estimate of drug-likeness (QED) is 0.784. The van der Waals surface area contributed by atoms with Crippen LogP contribution in [0.4, 0.5) is 13.2 Å². The molecule has 0 aliphatic rings. The smallest absolute Gasteiger partial charge is 0.432 e. The Kier molecular flexibility index (Phi) is 2.70. The molecule has 0 saturated carbocycles. The van der Waals surface area contributed by atoms with E-state index in [9.17, 15) is 13.2 Å². The summed E-state index contributed by atoms with van der Waals surface area (Å²) in [4.78, 5) is 0. The van der Waals surface area contributed by atoms with Gasteiger partial charge in [0.25, 0.3) is 0 Å². The first kappa shape index (κ1) is 12.3. The van der Waals surface area contributed by atoms with Gasteiger partial charge in [0.05, 0.1) is 18.2 Å². The van der Waals surface area contributed by atoms with E-state index < -0.39 is 11.9 Å². The van der Waals surface area contributed by atoms with E-state index in [1.807, 2.05) is 0 Å². The molecule has 0 bridgehead atoms. The van der Waals surface area contributed by atoms with Crippen LogP contribution in [0.25, 0.3) is 10.9 Å². The molecular formula is C12H9F3N2O. The van der Waals surface area contributed by atoms with Crippen molar-refractivity contribution in [1.29, 1.82) is 5.26 Å². The number of nitrogens with zero attached hydrogens (tertiary/aromatic N) is 2. The maximum atomic E-state index is 13.0.